The molecule has 3 rings (SSSR count). The molecule has 2 aromatic carbocycles. The minimum Gasteiger partial charge on any atom is -0.497 e. The molecule has 0 radical (unpaired) electrons. The zero-order chi connectivity index (χ0) is 19.9. The van der Waals surface area contributed by atoms with Gasteiger partial charge in [0.1, 0.15) is 11.8 Å². The molecule has 0 aliphatic heterocycles. The summed E-state index contributed by atoms with van der Waals surface area (Å²) in [5, 5.41) is 2.98. The Kier molecular flexibility index (Phi) is 6.53. The molecule has 0 aliphatic rings. The first kappa shape index (κ1) is 19.7. The molecule has 0 saturated heterocycles. The topological polar surface area (TPSA) is 76.1 Å². The van der Waals surface area contributed by atoms with Crippen molar-refractivity contribution in [3.8, 4) is 5.75 Å². The van der Waals surface area contributed by atoms with Crippen LogP contribution in [0.2, 0.25) is 0 Å². The molecular formula is C22H27N3O3. The van der Waals surface area contributed by atoms with Crippen molar-refractivity contribution in [1.82, 2.24) is 14.9 Å². The molecule has 148 valence electrons. The molecule has 3 aromatic rings. The van der Waals surface area contributed by atoms with Crippen LogP contribution in [0.25, 0.3) is 11.0 Å². The molecule has 1 unspecified atom stereocenters. The average Bonchev–Trinajstić information content (AvgIpc) is 3.04. The largest absolute Gasteiger partial charge is 0.497 e. The second-order valence-corrected chi connectivity index (χ2v) is 6.87. The number of hydrogen-bond acceptors (Lipinski definition) is 3. The van der Waals surface area contributed by atoms with E-state index in [4.69, 9.17) is 4.74 Å². The molecule has 0 saturated carbocycles. The van der Waals surface area contributed by atoms with E-state index < -0.39 is 6.04 Å². The van der Waals surface area contributed by atoms with Crippen molar-refractivity contribution in [1.29, 1.82) is 0 Å². The normalized spacial score (nSPS) is 12.1. The average molecular weight is 381 g/mol. The van der Waals surface area contributed by atoms with Crippen LogP contribution >= 0.6 is 0 Å². The highest BCUT2D eigenvalue weighted by Crippen LogP contribution is 2.23. The Hall–Kier alpha value is -3.02. The number of nitrogens with zero attached hydrogens (tertiary/aromatic N) is 1. The molecule has 6 nitrogen and oxygen atoms in total. The number of amides is 1. The van der Waals surface area contributed by atoms with Gasteiger partial charge in [-0.25, -0.2) is 4.79 Å². The molecule has 0 aliphatic carbocycles. The number of benzene rings is 2. The molecule has 1 amide bonds. The van der Waals surface area contributed by atoms with Crippen LogP contribution in [0.3, 0.4) is 0 Å². The van der Waals surface area contributed by atoms with Crippen LogP contribution in [0, 0.1) is 0 Å². The first-order chi connectivity index (χ1) is 13.6. The number of aryl methyl sites for hydroxylation is 1. The molecule has 1 heterocycles. The molecule has 2 N–H and O–H groups in total. The van der Waals surface area contributed by atoms with Crippen molar-refractivity contribution in [2.24, 2.45) is 0 Å². The predicted octanol–water partition coefficient (Wildman–Crippen LogP) is 3.43. The number of nitrogens with one attached hydrogen (secondary N) is 2. The van der Waals surface area contributed by atoms with Gasteiger partial charge in [0.25, 0.3) is 0 Å². The smallest absolute Gasteiger partial charge is 0.327 e. The fraction of sp³-hybridized carbons (Fsp3) is 0.364. The van der Waals surface area contributed by atoms with Crippen LogP contribution in [0.5, 0.6) is 5.75 Å². The third kappa shape index (κ3) is 4.44. The highest BCUT2D eigenvalue weighted by Gasteiger charge is 2.24. The number of ether oxygens (including phenoxy) is 1. The summed E-state index contributed by atoms with van der Waals surface area (Å²) in [7, 11) is 1.58. The van der Waals surface area contributed by atoms with E-state index >= 15 is 0 Å². The third-order valence-electron chi connectivity index (χ3n) is 4.92. The summed E-state index contributed by atoms with van der Waals surface area (Å²) in [6, 6.07) is 14.8. The van der Waals surface area contributed by atoms with E-state index in [-0.39, 0.29) is 11.6 Å². The number of rotatable bonds is 9. The highest BCUT2D eigenvalue weighted by atomic mass is 16.5. The summed E-state index contributed by atoms with van der Waals surface area (Å²) in [6.45, 7) is 2.69. The Labute approximate surface area is 164 Å². The first-order valence-corrected chi connectivity index (χ1v) is 9.74. The maximum atomic E-state index is 13.0. The van der Waals surface area contributed by atoms with Gasteiger partial charge in [0, 0.05) is 12.6 Å². The van der Waals surface area contributed by atoms with Gasteiger partial charge in [-0.1, -0.05) is 43.7 Å². The van der Waals surface area contributed by atoms with E-state index in [9.17, 15) is 9.59 Å². The van der Waals surface area contributed by atoms with Crippen molar-refractivity contribution in [3.63, 3.8) is 0 Å². The maximum Gasteiger partial charge on any atom is 0.327 e. The maximum absolute atomic E-state index is 13.0. The monoisotopic (exact) mass is 381 g/mol. The summed E-state index contributed by atoms with van der Waals surface area (Å²) in [6.07, 6.45) is 3.15. The quantitative estimate of drug-likeness (QED) is 0.558. The summed E-state index contributed by atoms with van der Waals surface area (Å²) in [5.74, 6) is 0.517. The second kappa shape index (κ2) is 9.26. The van der Waals surface area contributed by atoms with Crippen LogP contribution in [-0.4, -0.2) is 29.1 Å². The Balaban J connectivity index is 1.95. The fourth-order valence-electron chi connectivity index (χ4n) is 3.37. The molecule has 6 heteroatoms. The van der Waals surface area contributed by atoms with Gasteiger partial charge in [0.15, 0.2) is 0 Å². The number of imidazole rings is 1. The van der Waals surface area contributed by atoms with Gasteiger partial charge in [0.2, 0.25) is 5.91 Å². The van der Waals surface area contributed by atoms with Crippen molar-refractivity contribution in [3.05, 3.63) is 64.6 Å². The van der Waals surface area contributed by atoms with Gasteiger partial charge in [-0.3, -0.25) is 9.36 Å². The van der Waals surface area contributed by atoms with E-state index in [0.29, 0.717) is 36.2 Å². The lowest BCUT2D eigenvalue weighted by molar-refractivity contribution is -0.124. The Morgan fingerprint density at radius 2 is 2.00 bits per heavy atom. The Morgan fingerprint density at radius 3 is 2.71 bits per heavy atom. The first-order valence-electron chi connectivity index (χ1n) is 9.74. The number of carbonyl (C=O) groups excluding carboxylic acids is 1. The van der Waals surface area contributed by atoms with Crippen LogP contribution in [0.15, 0.2) is 53.3 Å². The fourth-order valence-corrected chi connectivity index (χ4v) is 3.37. The molecule has 0 fully saturated rings. The molecule has 1 aromatic heterocycles. The zero-order valence-corrected chi connectivity index (χ0v) is 16.4. The summed E-state index contributed by atoms with van der Waals surface area (Å²) in [4.78, 5) is 28.5. The van der Waals surface area contributed by atoms with E-state index in [2.05, 4.69) is 17.2 Å². The van der Waals surface area contributed by atoms with Gasteiger partial charge >= 0.3 is 5.69 Å². The summed E-state index contributed by atoms with van der Waals surface area (Å²) in [5.41, 5.74) is 2.22. The van der Waals surface area contributed by atoms with Gasteiger partial charge in [0.05, 0.1) is 18.1 Å². The lowest BCUT2D eigenvalue weighted by Crippen LogP contribution is -2.37. The van der Waals surface area contributed by atoms with Gasteiger partial charge in [-0.05, 0) is 37.0 Å². The van der Waals surface area contributed by atoms with Crippen molar-refractivity contribution in [2.75, 3.05) is 13.7 Å². The van der Waals surface area contributed by atoms with Gasteiger partial charge in [-0.15, -0.1) is 0 Å². The van der Waals surface area contributed by atoms with E-state index in [1.54, 1.807) is 29.9 Å². The number of hydrogen-bond donors (Lipinski definition) is 2. The van der Waals surface area contributed by atoms with E-state index in [1.165, 1.54) is 0 Å². The van der Waals surface area contributed by atoms with Gasteiger partial charge in [-0.2, -0.15) is 0 Å². The molecule has 0 spiro atoms. The van der Waals surface area contributed by atoms with Crippen molar-refractivity contribution >= 4 is 16.9 Å². The predicted molar refractivity (Wildman–Crippen MR) is 111 cm³/mol. The SMILES string of the molecule is CCCCNC(=O)C(CCc1ccccc1)n1c(=O)[nH]c2ccc(OC)cc21. The minimum absolute atomic E-state index is 0.129. The van der Waals surface area contributed by atoms with Crippen LogP contribution in [0.1, 0.15) is 37.8 Å². The molecule has 0 bridgehead atoms. The molecule has 1 atom stereocenters. The standard InChI is InChI=1S/C22H27N3O3/c1-3-4-14-23-21(26)19(13-10-16-8-6-5-7-9-16)25-20-15-17(28-2)11-12-18(20)24-22(25)27/h5-9,11-12,15,19H,3-4,10,13-14H2,1-2H3,(H,23,26)(H,24,27). The Morgan fingerprint density at radius 1 is 1.21 bits per heavy atom. The van der Waals surface area contributed by atoms with E-state index in [0.717, 1.165) is 18.4 Å². The number of H-pyrrole nitrogens is 1. The molecule has 28 heavy (non-hydrogen) atoms. The number of methoxy groups -OCH3 is 1. The molecular weight excluding hydrogens is 354 g/mol. The van der Waals surface area contributed by atoms with Crippen molar-refractivity contribution in [2.45, 2.75) is 38.6 Å². The van der Waals surface area contributed by atoms with Crippen LogP contribution < -0.4 is 15.7 Å². The van der Waals surface area contributed by atoms with Crippen LogP contribution in [0.4, 0.5) is 0 Å². The van der Waals surface area contributed by atoms with E-state index in [1.807, 2.05) is 30.3 Å². The minimum atomic E-state index is -0.592. The number of fused-ring (bicyclic) bond motifs is 1. The zero-order valence-electron chi connectivity index (χ0n) is 16.4. The third-order valence-corrected chi connectivity index (χ3v) is 4.92. The highest BCUT2D eigenvalue weighted by molar-refractivity contribution is 5.84. The number of aromatic nitrogens is 2. The number of unbranched alkanes of at least 4 members (excludes halogenated alkanes) is 1. The number of carbonyl (C=O) groups is 1. The second-order valence-electron chi connectivity index (χ2n) is 6.87. The lowest BCUT2D eigenvalue weighted by atomic mass is 10.0. The summed E-state index contributed by atoms with van der Waals surface area (Å²) < 4.78 is 6.86. The van der Waals surface area contributed by atoms with Crippen LogP contribution in [-0.2, 0) is 11.2 Å². The lowest BCUT2D eigenvalue weighted by Gasteiger charge is -2.19. The van der Waals surface area contributed by atoms with Crippen molar-refractivity contribution < 1.29 is 9.53 Å². The Bertz CT molecular complexity index is 976. The van der Waals surface area contributed by atoms with Gasteiger partial charge < -0.3 is 15.0 Å². The summed E-state index contributed by atoms with van der Waals surface area (Å²) >= 11 is 0. The number of aromatic amines is 1.